The fourth-order valence-corrected chi connectivity index (χ4v) is 2.36. The average molecular weight is 292 g/mol. The molecule has 5 nitrogen and oxygen atoms in total. The smallest absolute Gasteiger partial charge is 0.224 e. The van der Waals surface area contributed by atoms with Crippen LogP contribution in [0.2, 0.25) is 0 Å². The molecule has 0 aromatic heterocycles. The third kappa shape index (κ3) is 5.36. The number of amides is 1. The fourth-order valence-electron chi connectivity index (χ4n) is 2.36. The number of methoxy groups -OCH3 is 1. The van der Waals surface area contributed by atoms with Crippen LogP contribution in [0.5, 0.6) is 0 Å². The van der Waals surface area contributed by atoms with Crippen LogP contribution in [0.1, 0.15) is 19.3 Å². The van der Waals surface area contributed by atoms with E-state index in [2.05, 4.69) is 16.3 Å². The van der Waals surface area contributed by atoms with Gasteiger partial charge in [-0.2, -0.15) is 0 Å². The largest absolute Gasteiger partial charge is 0.385 e. The van der Waals surface area contributed by atoms with Crippen molar-refractivity contribution in [3.63, 3.8) is 0 Å². The van der Waals surface area contributed by atoms with Gasteiger partial charge in [0.25, 0.3) is 0 Å². The van der Waals surface area contributed by atoms with Gasteiger partial charge in [0.2, 0.25) is 5.91 Å². The number of ether oxygens (including phenoxy) is 2. The van der Waals surface area contributed by atoms with E-state index in [1.54, 1.807) is 7.11 Å². The Kier molecular flexibility index (Phi) is 6.50. The topological polar surface area (TPSA) is 50.8 Å². The Hall–Kier alpha value is -1.59. The summed E-state index contributed by atoms with van der Waals surface area (Å²) < 4.78 is 10.3. The van der Waals surface area contributed by atoms with E-state index >= 15 is 0 Å². The summed E-state index contributed by atoms with van der Waals surface area (Å²) in [6, 6.07) is 8.00. The minimum Gasteiger partial charge on any atom is -0.385 e. The molecule has 1 aromatic rings. The highest BCUT2D eigenvalue weighted by Crippen LogP contribution is 2.20. The van der Waals surface area contributed by atoms with Gasteiger partial charge in [0.1, 0.15) is 0 Å². The standard InChI is InChI=1S/C16H24N2O3/c1-20-10-3-2-7-16(19)17-14-5-4-6-15(13-14)18-8-11-21-12-9-18/h4-6,13H,2-3,7-12H2,1H3,(H,17,19). The molecular formula is C16H24N2O3. The summed E-state index contributed by atoms with van der Waals surface area (Å²) in [5, 5.41) is 2.96. The maximum atomic E-state index is 11.9. The van der Waals surface area contributed by atoms with E-state index in [0.717, 1.165) is 50.5 Å². The van der Waals surface area contributed by atoms with Gasteiger partial charge in [-0.1, -0.05) is 6.07 Å². The van der Waals surface area contributed by atoms with E-state index in [1.165, 1.54) is 0 Å². The Morgan fingerprint density at radius 2 is 2.14 bits per heavy atom. The van der Waals surface area contributed by atoms with Gasteiger partial charge in [-0.25, -0.2) is 0 Å². The maximum Gasteiger partial charge on any atom is 0.224 e. The maximum absolute atomic E-state index is 11.9. The number of unbranched alkanes of at least 4 members (excludes halogenated alkanes) is 1. The van der Waals surface area contributed by atoms with Crippen LogP contribution in [0.15, 0.2) is 24.3 Å². The zero-order valence-corrected chi connectivity index (χ0v) is 12.6. The number of anilines is 2. The number of carbonyl (C=O) groups is 1. The Bertz CT molecular complexity index is 445. The van der Waals surface area contributed by atoms with Crippen molar-refractivity contribution in [3.05, 3.63) is 24.3 Å². The van der Waals surface area contributed by atoms with Gasteiger partial charge in [-0.05, 0) is 31.0 Å². The van der Waals surface area contributed by atoms with Gasteiger partial charge in [-0.15, -0.1) is 0 Å². The third-order valence-corrected chi connectivity index (χ3v) is 3.51. The molecule has 5 heteroatoms. The monoisotopic (exact) mass is 292 g/mol. The second-order valence-electron chi connectivity index (χ2n) is 5.15. The summed E-state index contributed by atoms with van der Waals surface area (Å²) in [7, 11) is 1.68. The van der Waals surface area contributed by atoms with Crippen LogP contribution >= 0.6 is 0 Å². The van der Waals surface area contributed by atoms with Gasteiger partial charge in [-0.3, -0.25) is 4.79 Å². The summed E-state index contributed by atoms with van der Waals surface area (Å²) in [5.41, 5.74) is 1.99. The summed E-state index contributed by atoms with van der Waals surface area (Å²) in [4.78, 5) is 14.2. The van der Waals surface area contributed by atoms with Crippen LogP contribution in [-0.2, 0) is 14.3 Å². The van der Waals surface area contributed by atoms with E-state index < -0.39 is 0 Å². The summed E-state index contributed by atoms with van der Waals surface area (Å²) in [6.45, 7) is 4.02. The molecule has 0 bridgehead atoms. The number of nitrogens with one attached hydrogen (secondary N) is 1. The third-order valence-electron chi connectivity index (χ3n) is 3.51. The molecule has 1 aliphatic heterocycles. The molecule has 116 valence electrons. The van der Waals surface area contributed by atoms with Crippen molar-refractivity contribution in [2.75, 3.05) is 50.2 Å². The highest BCUT2D eigenvalue weighted by molar-refractivity contribution is 5.91. The minimum atomic E-state index is 0.0604. The summed E-state index contributed by atoms with van der Waals surface area (Å²) in [5.74, 6) is 0.0604. The predicted molar refractivity (Wildman–Crippen MR) is 83.8 cm³/mol. The Labute approximate surface area is 126 Å². The number of benzene rings is 1. The molecule has 2 rings (SSSR count). The molecule has 1 amide bonds. The molecule has 1 aromatic carbocycles. The van der Waals surface area contributed by atoms with Gasteiger partial charge in [0.15, 0.2) is 0 Å². The molecule has 0 saturated carbocycles. The highest BCUT2D eigenvalue weighted by atomic mass is 16.5. The van der Waals surface area contributed by atoms with E-state index in [-0.39, 0.29) is 5.91 Å². The van der Waals surface area contributed by atoms with Crippen molar-refractivity contribution in [2.24, 2.45) is 0 Å². The first-order valence-electron chi connectivity index (χ1n) is 7.51. The molecule has 0 aliphatic carbocycles. The molecule has 1 heterocycles. The van der Waals surface area contributed by atoms with Gasteiger partial charge in [0, 0.05) is 44.6 Å². The Balaban J connectivity index is 1.84. The zero-order chi connectivity index (χ0) is 14.9. The molecule has 21 heavy (non-hydrogen) atoms. The molecule has 1 N–H and O–H groups in total. The van der Waals surface area contributed by atoms with Crippen molar-refractivity contribution in [3.8, 4) is 0 Å². The SMILES string of the molecule is COCCCCC(=O)Nc1cccc(N2CCOCC2)c1. The van der Waals surface area contributed by atoms with Crippen LogP contribution in [0, 0.1) is 0 Å². The van der Waals surface area contributed by atoms with Crippen molar-refractivity contribution >= 4 is 17.3 Å². The number of hydrogen-bond acceptors (Lipinski definition) is 4. The molecular weight excluding hydrogens is 268 g/mol. The quantitative estimate of drug-likeness (QED) is 0.783. The van der Waals surface area contributed by atoms with Gasteiger partial charge in [0.05, 0.1) is 13.2 Å². The fraction of sp³-hybridized carbons (Fsp3) is 0.562. The number of rotatable bonds is 7. The molecule has 0 unspecified atom stereocenters. The molecule has 0 spiro atoms. The minimum absolute atomic E-state index is 0.0604. The van der Waals surface area contributed by atoms with E-state index in [0.29, 0.717) is 13.0 Å². The molecule has 0 atom stereocenters. The molecule has 1 saturated heterocycles. The first kappa shape index (κ1) is 15.8. The first-order valence-corrected chi connectivity index (χ1v) is 7.51. The Morgan fingerprint density at radius 1 is 1.33 bits per heavy atom. The van der Waals surface area contributed by atoms with Crippen molar-refractivity contribution in [2.45, 2.75) is 19.3 Å². The zero-order valence-electron chi connectivity index (χ0n) is 12.6. The normalized spacial score (nSPS) is 15.0. The first-order chi connectivity index (χ1) is 10.3. The second kappa shape index (κ2) is 8.64. The summed E-state index contributed by atoms with van der Waals surface area (Å²) in [6.07, 6.45) is 2.30. The van der Waals surface area contributed by atoms with E-state index in [9.17, 15) is 4.79 Å². The molecule has 1 fully saturated rings. The Morgan fingerprint density at radius 3 is 2.90 bits per heavy atom. The highest BCUT2D eigenvalue weighted by Gasteiger charge is 2.11. The average Bonchev–Trinajstić information content (AvgIpc) is 2.53. The second-order valence-corrected chi connectivity index (χ2v) is 5.15. The molecule has 1 aliphatic rings. The number of nitrogens with zero attached hydrogens (tertiary/aromatic N) is 1. The lowest BCUT2D eigenvalue weighted by atomic mass is 10.2. The van der Waals surface area contributed by atoms with Crippen LogP contribution in [0.25, 0.3) is 0 Å². The van der Waals surface area contributed by atoms with Crippen LogP contribution < -0.4 is 10.2 Å². The van der Waals surface area contributed by atoms with E-state index in [4.69, 9.17) is 9.47 Å². The van der Waals surface area contributed by atoms with Crippen molar-refractivity contribution in [1.82, 2.24) is 0 Å². The predicted octanol–water partition coefficient (Wildman–Crippen LogP) is 2.28. The lowest BCUT2D eigenvalue weighted by molar-refractivity contribution is -0.116. The van der Waals surface area contributed by atoms with Crippen LogP contribution in [0.4, 0.5) is 11.4 Å². The number of carbonyl (C=O) groups excluding carboxylic acids is 1. The van der Waals surface area contributed by atoms with Gasteiger partial charge < -0.3 is 19.7 Å². The van der Waals surface area contributed by atoms with Crippen molar-refractivity contribution in [1.29, 1.82) is 0 Å². The lowest BCUT2D eigenvalue weighted by Crippen LogP contribution is -2.36. The van der Waals surface area contributed by atoms with Crippen LogP contribution in [-0.4, -0.2) is 45.9 Å². The summed E-state index contributed by atoms with van der Waals surface area (Å²) >= 11 is 0. The van der Waals surface area contributed by atoms with Crippen molar-refractivity contribution < 1.29 is 14.3 Å². The lowest BCUT2D eigenvalue weighted by Gasteiger charge is -2.29. The van der Waals surface area contributed by atoms with Gasteiger partial charge >= 0.3 is 0 Å². The number of hydrogen-bond donors (Lipinski definition) is 1. The van der Waals surface area contributed by atoms with E-state index in [1.807, 2.05) is 18.2 Å². The number of morpholine rings is 1. The van der Waals surface area contributed by atoms with Crippen LogP contribution in [0.3, 0.4) is 0 Å². The molecule has 0 radical (unpaired) electrons.